The zero-order valence-electron chi connectivity index (χ0n) is 28.5. The lowest BCUT2D eigenvalue weighted by Crippen LogP contribution is -2.44. The van der Waals surface area contributed by atoms with Crippen LogP contribution in [0.25, 0.3) is 22.4 Å². The topological polar surface area (TPSA) is 163 Å². The van der Waals surface area contributed by atoms with Gasteiger partial charge in [-0.2, -0.15) is 10.2 Å². The van der Waals surface area contributed by atoms with Crippen molar-refractivity contribution in [1.82, 2.24) is 43.7 Å². The van der Waals surface area contributed by atoms with Gasteiger partial charge in [-0.05, 0) is 41.8 Å². The zero-order chi connectivity index (χ0) is 36.8. The van der Waals surface area contributed by atoms with E-state index in [2.05, 4.69) is 30.7 Å². The summed E-state index contributed by atoms with van der Waals surface area (Å²) < 4.78 is 39.9. The van der Waals surface area contributed by atoms with Crippen molar-refractivity contribution in [2.45, 2.75) is 44.4 Å². The van der Waals surface area contributed by atoms with E-state index in [1.54, 1.807) is 36.0 Å². The van der Waals surface area contributed by atoms with E-state index in [9.17, 15) is 28.0 Å². The molecule has 6 heterocycles. The number of ether oxygens (including phenoxy) is 1. The number of amides is 3. The second-order valence-corrected chi connectivity index (χ2v) is 13.1. The first-order valence-electron chi connectivity index (χ1n) is 17.1. The Balaban J connectivity index is 0.946. The van der Waals surface area contributed by atoms with Gasteiger partial charge in [-0.25, -0.2) is 27.8 Å². The average Bonchev–Trinajstić information content (AvgIpc) is 3.84. The number of hydrogen-bond acceptors (Lipinski definition) is 9. The predicted molar refractivity (Wildman–Crippen MR) is 187 cm³/mol. The minimum Gasteiger partial charge on any atom is -0.375 e. The molecule has 0 bridgehead atoms. The molecule has 2 saturated heterocycles. The number of carbonyl (C=O) groups is 3. The quantitative estimate of drug-likeness (QED) is 0.213. The molecule has 2 N–H and O–H groups in total. The number of aryl methyl sites for hydroxylation is 1. The Hall–Kier alpha value is -6.07. The van der Waals surface area contributed by atoms with Gasteiger partial charge in [-0.3, -0.25) is 33.7 Å². The highest BCUT2D eigenvalue weighted by Gasteiger charge is 2.32. The molecule has 8 rings (SSSR count). The summed E-state index contributed by atoms with van der Waals surface area (Å²) in [4.78, 5) is 57.2. The number of alkyl halides is 2. The highest BCUT2D eigenvalue weighted by Crippen LogP contribution is 2.29. The molecule has 1 unspecified atom stereocenters. The highest BCUT2D eigenvalue weighted by molar-refractivity contribution is 6.08. The molecule has 53 heavy (non-hydrogen) atoms. The SMILES string of the molecule is Cn1c(=O)n(C2CCC(=O)NC2=O)c2cccc(C[C@H]3CN(Cc4ccc(-n5cc(NC(=O)c6cnn7cccnc67)c(C(F)F)n5)cc4)CCO3)c21. The van der Waals surface area contributed by atoms with Crippen LogP contribution in [0.15, 0.2) is 78.1 Å². The standard InChI is InChI=1S/C36H34F2N10O5/c1-44-31-22(4-2-5-27(31)48(36(44)52)28-10-11-29(49)42-35(28)51)16-24-19-45(14-15-53-24)18-21-6-8-23(9-7-21)47-20-26(30(43-47)32(37)38)41-34(50)25-17-40-46-13-3-12-39-33(25)46/h2-9,12-13,17,20,24,28,32H,10-11,14-16,18-19H2,1H3,(H,41,50)(H,42,49,51)/t24-,28?/m0/s1. The Morgan fingerprint density at radius 2 is 1.94 bits per heavy atom. The molecule has 272 valence electrons. The normalized spacial score (nSPS) is 18.3. The van der Waals surface area contributed by atoms with E-state index in [0.29, 0.717) is 49.5 Å². The van der Waals surface area contributed by atoms with Crippen molar-refractivity contribution in [3.8, 4) is 5.69 Å². The number of imide groups is 1. The maximum atomic E-state index is 14.0. The third-order valence-corrected chi connectivity index (χ3v) is 9.71. The van der Waals surface area contributed by atoms with Crippen molar-refractivity contribution in [3.63, 3.8) is 0 Å². The first-order chi connectivity index (χ1) is 25.6. The predicted octanol–water partition coefficient (Wildman–Crippen LogP) is 3.18. The fraction of sp³-hybridized carbons (Fsp3) is 0.306. The number of benzene rings is 2. The number of nitrogens with zero attached hydrogens (tertiary/aromatic N) is 8. The van der Waals surface area contributed by atoms with Crippen LogP contribution >= 0.6 is 0 Å². The molecule has 0 saturated carbocycles. The molecule has 2 aliphatic rings. The Morgan fingerprint density at radius 1 is 1.11 bits per heavy atom. The van der Waals surface area contributed by atoms with Crippen molar-refractivity contribution < 1.29 is 27.9 Å². The zero-order valence-corrected chi connectivity index (χ0v) is 28.5. The molecule has 2 fully saturated rings. The number of imidazole rings is 1. The number of piperidine rings is 1. The number of nitrogens with one attached hydrogen (secondary N) is 2. The summed E-state index contributed by atoms with van der Waals surface area (Å²) in [6.07, 6.45) is 3.70. The summed E-state index contributed by atoms with van der Waals surface area (Å²) >= 11 is 0. The van der Waals surface area contributed by atoms with Gasteiger partial charge in [-0.1, -0.05) is 24.3 Å². The molecular weight excluding hydrogens is 690 g/mol. The van der Waals surface area contributed by atoms with E-state index >= 15 is 0 Å². The van der Waals surface area contributed by atoms with Gasteiger partial charge >= 0.3 is 5.69 Å². The molecule has 2 aliphatic heterocycles. The van der Waals surface area contributed by atoms with Gasteiger partial charge < -0.3 is 10.1 Å². The summed E-state index contributed by atoms with van der Waals surface area (Å²) in [6.45, 7) is 2.46. The van der Waals surface area contributed by atoms with E-state index in [1.807, 2.05) is 30.3 Å². The molecule has 2 atom stereocenters. The van der Waals surface area contributed by atoms with Crippen molar-refractivity contribution in [3.05, 3.63) is 106 Å². The number of aromatic nitrogens is 7. The molecule has 0 spiro atoms. The van der Waals surface area contributed by atoms with E-state index in [1.165, 1.54) is 32.4 Å². The van der Waals surface area contributed by atoms with Crippen LogP contribution in [0.5, 0.6) is 0 Å². The van der Waals surface area contributed by atoms with Crippen LogP contribution in [0.4, 0.5) is 14.5 Å². The molecule has 3 amide bonds. The van der Waals surface area contributed by atoms with Crippen LogP contribution in [0.1, 0.15) is 52.5 Å². The number of anilines is 1. The van der Waals surface area contributed by atoms with Crippen LogP contribution in [-0.2, 0) is 34.3 Å². The fourth-order valence-electron chi connectivity index (χ4n) is 7.17. The highest BCUT2D eigenvalue weighted by atomic mass is 19.3. The Bertz CT molecular complexity index is 2430. The van der Waals surface area contributed by atoms with Crippen LogP contribution < -0.4 is 16.3 Å². The molecule has 17 heteroatoms. The van der Waals surface area contributed by atoms with Crippen LogP contribution in [-0.4, -0.2) is 81.9 Å². The maximum Gasteiger partial charge on any atom is 0.329 e. The summed E-state index contributed by atoms with van der Waals surface area (Å²) in [5.41, 5.74) is 3.24. The lowest BCUT2D eigenvalue weighted by atomic mass is 10.0. The van der Waals surface area contributed by atoms with Gasteiger partial charge in [0.05, 0.1) is 47.5 Å². The van der Waals surface area contributed by atoms with Crippen molar-refractivity contribution >= 4 is 40.1 Å². The number of morpholine rings is 1. The monoisotopic (exact) mass is 724 g/mol. The molecule has 0 radical (unpaired) electrons. The number of fused-ring (bicyclic) bond motifs is 2. The van der Waals surface area contributed by atoms with E-state index in [4.69, 9.17) is 4.74 Å². The fourth-order valence-corrected chi connectivity index (χ4v) is 7.17. The summed E-state index contributed by atoms with van der Waals surface area (Å²) in [5.74, 6) is -1.45. The van der Waals surface area contributed by atoms with Gasteiger partial charge in [-0.15, -0.1) is 0 Å². The van der Waals surface area contributed by atoms with Crippen molar-refractivity contribution in [2.75, 3.05) is 25.0 Å². The molecule has 6 aromatic rings. The smallest absolute Gasteiger partial charge is 0.329 e. The first kappa shape index (κ1) is 34.0. The Labute approximate surface area is 299 Å². The molecule has 15 nitrogen and oxygen atoms in total. The first-order valence-corrected chi connectivity index (χ1v) is 17.1. The minimum absolute atomic E-state index is 0.119. The van der Waals surface area contributed by atoms with Gasteiger partial charge in [0.15, 0.2) is 11.3 Å². The molecule has 0 aliphatic carbocycles. The third kappa shape index (κ3) is 6.48. The summed E-state index contributed by atoms with van der Waals surface area (Å²) in [6, 6.07) is 13.9. The van der Waals surface area contributed by atoms with Gasteiger partial charge in [0.2, 0.25) is 11.8 Å². The molecule has 4 aromatic heterocycles. The second kappa shape index (κ2) is 13.8. The van der Waals surface area contributed by atoms with Gasteiger partial charge in [0, 0.05) is 51.9 Å². The summed E-state index contributed by atoms with van der Waals surface area (Å²) in [7, 11) is 1.68. The number of hydrogen-bond donors (Lipinski definition) is 2. The Kier molecular flexibility index (Phi) is 8.87. The summed E-state index contributed by atoms with van der Waals surface area (Å²) in [5, 5.41) is 13.0. The number of halogens is 2. The van der Waals surface area contributed by atoms with Crippen molar-refractivity contribution in [2.24, 2.45) is 7.05 Å². The van der Waals surface area contributed by atoms with Crippen LogP contribution in [0.3, 0.4) is 0 Å². The van der Waals surface area contributed by atoms with E-state index < -0.39 is 30.0 Å². The van der Waals surface area contributed by atoms with Crippen LogP contribution in [0, 0.1) is 0 Å². The Morgan fingerprint density at radius 3 is 2.74 bits per heavy atom. The lowest BCUT2D eigenvalue weighted by Gasteiger charge is -2.33. The van der Waals surface area contributed by atoms with Crippen LogP contribution in [0.2, 0.25) is 0 Å². The maximum absolute atomic E-state index is 14.0. The number of carbonyl (C=O) groups excluding carboxylic acids is 3. The molecule has 2 aromatic carbocycles. The van der Waals surface area contributed by atoms with Gasteiger partial charge in [0.1, 0.15) is 11.6 Å². The number of rotatable bonds is 9. The third-order valence-electron chi connectivity index (χ3n) is 9.71. The average molecular weight is 725 g/mol. The lowest BCUT2D eigenvalue weighted by molar-refractivity contribution is -0.135. The van der Waals surface area contributed by atoms with E-state index in [0.717, 1.165) is 16.6 Å². The van der Waals surface area contributed by atoms with Crippen molar-refractivity contribution in [1.29, 1.82) is 0 Å². The van der Waals surface area contributed by atoms with Gasteiger partial charge in [0.25, 0.3) is 12.3 Å². The second-order valence-electron chi connectivity index (χ2n) is 13.1. The van der Waals surface area contributed by atoms with E-state index in [-0.39, 0.29) is 41.8 Å². The molecular formula is C36H34F2N10O5. The number of para-hydroxylation sites is 1. The minimum atomic E-state index is -2.93. The largest absolute Gasteiger partial charge is 0.375 e.